The Kier molecular flexibility index (Phi) is 2.75. The molecule has 1 atom stereocenters. The molecule has 0 bridgehead atoms. The lowest BCUT2D eigenvalue weighted by molar-refractivity contribution is 0.329. The van der Waals surface area contributed by atoms with Gasteiger partial charge in [0.05, 0.1) is 0 Å². The number of alkyl halides is 2. The standard InChI is InChI=1S/C3H5F2NS/c4-1-2(5)3(6)7/h2H,1H2,(H2,6,7). The molecular weight excluding hydrogens is 120 g/mol. The number of hydrogen-bond acceptors (Lipinski definition) is 1. The second kappa shape index (κ2) is 2.85. The van der Waals surface area contributed by atoms with Crippen molar-refractivity contribution < 1.29 is 8.78 Å². The predicted molar refractivity (Wildman–Crippen MR) is 27.7 cm³/mol. The summed E-state index contributed by atoms with van der Waals surface area (Å²) in [6.07, 6.45) is -1.75. The highest BCUT2D eigenvalue weighted by Crippen LogP contribution is 1.89. The van der Waals surface area contributed by atoms with Crippen molar-refractivity contribution in [3.05, 3.63) is 0 Å². The Balaban J connectivity index is 3.34. The van der Waals surface area contributed by atoms with Crippen molar-refractivity contribution in [2.45, 2.75) is 6.17 Å². The quantitative estimate of drug-likeness (QED) is 0.546. The van der Waals surface area contributed by atoms with E-state index >= 15 is 0 Å². The van der Waals surface area contributed by atoms with Gasteiger partial charge in [0.15, 0.2) is 6.17 Å². The largest absolute Gasteiger partial charge is 0.391 e. The van der Waals surface area contributed by atoms with E-state index in [2.05, 4.69) is 18.0 Å². The first-order valence-corrected chi connectivity index (χ1v) is 2.08. The molecule has 0 aromatic carbocycles. The predicted octanol–water partition coefficient (Wildman–Crippen LogP) is 0.580. The Labute approximate surface area is 45.5 Å². The molecular formula is C3H5F2NS. The maximum absolute atomic E-state index is 11.6. The summed E-state index contributed by atoms with van der Waals surface area (Å²) in [6, 6.07) is 0. The van der Waals surface area contributed by atoms with E-state index in [0.29, 0.717) is 0 Å². The highest BCUT2D eigenvalue weighted by atomic mass is 32.1. The van der Waals surface area contributed by atoms with Crippen molar-refractivity contribution in [1.82, 2.24) is 0 Å². The van der Waals surface area contributed by atoms with Gasteiger partial charge in [-0.1, -0.05) is 12.2 Å². The molecule has 0 aromatic rings. The molecule has 2 N–H and O–H groups in total. The van der Waals surface area contributed by atoms with Gasteiger partial charge in [-0.25, -0.2) is 8.78 Å². The van der Waals surface area contributed by atoms with Crippen LogP contribution in [-0.4, -0.2) is 17.8 Å². The zero-order valence-corrected chi connectivity index (χ0v) is 4.34. The van der Waals surface area contributed by atoms with Gasteiger partial charge in [0, 0.05) is 0 Å². The van der Waals surface area contributed by atoms with E-state index in [1.165, 1.54) is 0 Å². The Bertz CT molecular complexity index is 75.3. The highest BCUT2D eigenvalue weighted by Gasteiger charge is 2.06. The molecule has 0 fully saturated rings. The summed E-state index contributed by atoms with van der Waals surface area (Å²) >= 11 is 4.08. The van der Waals surface area contributed by atoms with Crippen LogP contribution in [0.2, 0.25) is 0 Å². The van der Waals surface area contributed by atoms with Gasteiger partial charge in [-0.3, -0.25) is 0 Å². The van der Waals surface area contributed by atoms with Crippen molar-refractivity contribution >= 4 is 17.2 Å². The molecule has 1 nitrogen and oxygen atoms in total. The minimum atomic E-state index is -1.75. The second-order valence-electron chi connectivity index (χ2n) is 1.02. The monoisotopic (exact) mass is 125 g/mol. The van der Waals surface area contributed by atoms with Crippen LogP contribution in [0, 0.1) is 0 Å². The van der Waals surface area contributed by atoms with E-state index in [4.69, 9.17) is 0 Å². The fourth-order valence-corrected chi connectivity index (χ4v) is 0.139. The van der Waals surface area contributed by atoms with E-state index in [1.807, 2.05) is 0 Å². The third-order valence-corrected chi connectivity index (χ3v) is 0.700. The zero-order valence-electron chi connectivity index (χ0n) is 3.53. The van der Waals surface area contributed by atoms with Crippen LogP contribution in [0.4, 0.5) is 8.78 Å². The summed E-state index contributed by atoms with van der Waals surface area (Å²) in [5.41, 5.74) is 4.66. The molecule has 0 saturated heterocycles. The molecule has 0 radical (unpaired) electrons. The van der Waals surface area contributed by atoms with Crippen molar-refractivity contribution in [3.63, 3.8) is 0 Å². The van der Waals surface area contributed by atoms with Gasteiger partial charge in [0.2, 0.25) is 0 Å². The molecule has 0 aliphatic carbocycles. The molecule has 0 amide bonds. The van der Waals surface area contributed by atoms with Crippen LogP contribution in [0.25, 0.3) is 0 Å². The number of nitrogens with two attached hydrogens (primary N) is 1. The molecule has 0 aliphatic heterocycles. The van der Waals surface area contributed by atoms with E-state index in [0.717, 1.165) is 0 Å². The zero-order chi connectivity index (χ0) is 5.86. The fraction of sp³-hybridized carbons (Fsp3) is 0.667. The molecule has 4 heteroatoms. The SMILES string of the molecule is NC(=S)C(F)CF. The first kappa shape index (κ1) is 6.75. The van der Waals surface area contributed by atoms with Crippen molar-refractivity contribution in [1.29, 1.82) is 0 Å². The van der Waals surface area contributed by atoms with Crippen molar-refractivity contribution in [2.75, 3.05) is 6.67 Å². The Morgan fingerprint density at radius 2 is 2.29 bits per heavy atom. The minimum absolute atomic E-state index is 0.414. The molecule has 0 saturated carbocycles. The topological polar surface area (TPSA) is 26.0 Å². The summed E-state index contributed by atoms with van der Waals surface area (Å²) in [6.45, 7) is -1.12. The summed E-state index contributed by atoms with van der Waals surface area (Å²) in [4.78, 5) is -0.414. The summed E-state index contributed by atoms with van der Waals surface area (Å²) in [5, 5.41) is 0. The average molecular weight is 125 g/mol. The maximum Gasteiger partial charge on any atom is 0.178 e. The highest BCUT2D eigenvalue weighted by molar-refractivity contribution is 7.80. The van der Waals surface area contributed by atoms with Crippen LogP contribution < -0.4 is 5.73 Å². The summed E-state index contributed by atoms with van der Waals surface area (Å²) in [7, 11) is 0. The van der Waals surface area contributed by atoms with Crippen LogP contribution in [0.15, 0.2) is 0 Å². The normalized spacial score (nSPS) is 13.4. The van der Waals surface area contributed by atoms with Crippen molar-refractivity contribution in [2.24, 2.45) is 5.73 Å². The van der Waals surface area contributed by atoms with Gasteiger partial charge in [-0.05, 0) is 0 Å². The first-order chi connectivity index (χ1) is 3.18. The maximum atomic E-state index is 11.6. The lowest BCUT2D eigenvalue weighted by Crippen LogP contribution is -2.23. The number of hydrogen-bond donors (Lipinski definition) is 1. The molecule has 7 heavy (non-hydrogen) atoms. The van der Waals surface area contributed by atoms with Crippen LogP contribution >= 0.6 is 12.2 Å². The minimum Gasteiger partial charge on any atom is -0.391 e. The number of halogens is 2. The third-order valence-electron chi connectivity index (χ3n) is 0.444. The van der Waals surface area contributed by atoms with Gasteiger partial charge in [-0.15, -0.1) is 0 Å². The summed E-state index contributed by atoms with van der Waals surface area (Å²) in [5.74, 6) is 0. The number of rotatable bonds is 2. The smallest absolute Gasteiger partial charge is 0.178 e. The van der Waals surface area contributed by atoms with Crippen LogP contribution in [0.1, 0.15) is 0 Å². The third kappa shape index (κ3) is 2.45. The van der Waals surface area contributed by atoms with Gasteiger partial charge < -0.3 is 5.73 Å². The molecule has 1 unspecified atom stereocenters. The van der Waals surface area contributed by atoms with Gasteiger partial charge in [0.1, 0.15) is 11.7 Å². The molecule has 42 valence electrons. The van der Waals surface area contributed by atoms with Crippen molar-refractivity contribution in [3.8, 4) is 0 Å². The molecule has 0 spiro atoms. The number of thiocarbonyl (C=S) groups is 1. The van der Waals surface area contributed by atoms with Gasteiger partial charge in [-0.2, -0.15) is 0 Å². The molecule has 0 aliphatic rings. The Hall–Kier alpha value is -0.250. The molecule has 0 rings (SSSR count). The van der Waals surface area contributed by atoms with Gasteiger partial charge in [0.25, 0.3) is 0 Å². The Morgan fingerprint density at radius 3 is 2.29 bits per heavy atom. The lowest BCUT2D eigenvalue weighted by atomic mass is 10.4. The van der Waals surface area contributed by atoms with E-state index in [9.17, 15) is 8.78 Å². The van der Waals surface area contributed by atoms with E-state index in [1.54, 1.807) is 0 Å². The first-order valence-electron chi connectivity index (χ1n) is 1.68. The van der Waals surface area contributed by atoms with Crippen LogP contribution in [-0.2, 0) is 0 Å². The average Bonchev–Trinajstić information content (AvgIpc) is 1.65. The summed E-state index contributed by atoms with van der Waals surface area (Å²) < 4.78 is 22.7. The molecule has 0 aromatic heterocycles. The van der Waals surface area contributed by atoms with Crippen LogP contribution in [0.5, 0.6) is 0 Å². The fourth-order valence-electron chi connectivity index (χ4n) is 0.0760. The molecule has 0 heterocycles. The lowest BCUT2D eigenvalue weighted by Gasteiger charge is -1.95. The Morgan fingerprint density at radius 1 is 1.86 bits per heavy atom. The van der Waals surface area contributed by atoms with E-state index < -0.39 is 17.8 Å². The second-order valence-corrected chi connectivity index (χ2v) is 1.50. The van der Waals surface area contributed by atoms with E-state index in [-0.39, 0.29) is 0 Å². The van der Waals surface area contributed by atoms with Gasteiger partial charge >= 0.3 is 0 Å². The van der Waals surface area contributed by atoms with Crippen LogP contribution in [0.3, 0.4) is 0 Å².